The van der Waals surface area contributed by atoms with Crippen LogP contribution in [0.2, 0.25) is 5.02 Å². The molecule has 6 nitrogen and oxygen atoms in total. The van der Waals surface area contributed by atoms with Crippen molar-refractivity contribution in [3.63, 3.8) is 0 Å². The highest BCUT2D eigenvalue weighted by Crippen LogP contribution is 2.23. The van der Waals surface area contributed by atoms with Crippen LogP contribution in [-0.2, 0) is 11.3 Å². The van der Waals surface area contributed by atoms with E-state index >= 15 is 0 Å². The molecular weight excluding hydrogens is 372 g/mol. The zero-order valence-corrected chi connectivity index (χ0v) is 15.9. The zero-order chi connectivity index (χ0) is 18.4. The molecule has 0 saturated heterocycles. The zero-order valence-electron chi connectivity index (χ0n) is 14.3. The van der Waals surface area contributed by atoms with Gasteiger partial charge in [-0.3, -0.25) is 9.69 Å². The highest BCUT2D eigenvalue weighted by Gasteiger charge is 2.16. The molecule has 0 atom stereocenters. The first kappa shape index (κ1) is 18.6. The summed E-state index contributed by atoms with van der Waals surface area (Å²) in [6.07, 6.45) is 0.917. The maximum atomic E-state index is 12.3. The number of halogens is 1. The SMILES string of the molecule is CCCN(CC(=O)Nc1ccc(Cl)cc1)Cc1nnc(-c2cccs2)o1. The highest BCUT2D eigenvalue weighted by atomic mass is 35.5. The fourth-order valence-electron chi connectivity index (χ4n) is 2.48. The highest BCUT2D eigenvalue weighted by molar-refractivity contribution is 7.13. The molecule has 1 amide bonds. The molecule has 3 rings (SSSR count). The van der Waals surface area contributed by atoms with Crippen LogP contribution in [0.3, 0.4) is 0 Å². The number of hydrogen-bond acceptors (Lipinski definition) is 6. The van der Waals surface area contributed by atoms with E-state index in [2.05, 4.69) is 22.4 Å². The molecule has 136 valence electrons. The van der Waals surface area contributed by atoms with Gasteiger partial charge < -0.3 is 9.73 Å². The smallest absolute Gasteiger partial charge is 0.257 e. The number of hydrogen-bond donors (Lipinski definition) is 1. The summed E-state index contributed by atoms with van der Waals surface area (Å²) in [6.45, 7) is 3.49. The fourth-order valence-corrected chi connectivity index (χ4v) is 3.25. The minimum Gasteiger partial charge on any atom is -0.419 e. The largest absolute Gasteiger partial charge is 0.419 e. The lowest BCUT2D eigenvalue weighted by Gasteiger charge is -2.19. The Morgan fingerprint density at radius 2 is 2.08 bits per heavy atom. The molecule has 0 bridgehead atoms. The maximum Gasteiger partial charge on any atom is 0.257 e. The molecule has 0 spiro atoms. The van der Waals surface area contributed by atoms with Gasteiger partial charge in [-0.05, 0) is 48.7 Å². The number of aromatic nitrogens is 2. The Kier molecular flexibility index (Phi) is 6.38. The van der Waals surface area contributed by atoms with E-state index in [9.17, 15) is 4.79 Å². The van der Waals surface area contributed by atoms with Gasteiger partial charge in [0.15, 0.2) is 0 Å². The van der Waals surface area contributed by atoms with Crippen molar-refractivity contribution in [1.82, 2.24) is 15.1 Å². The normalized spacial score (nSPS) is 11.0. The van der Waals surface area contributed by atoms with Crippen LogP contribution in [0.25, 0.3) is 10.8 Å². The average molecular weight is 391 g/mol. The van der Waals surface area contributed by atoms with E-state index in [1.807, 2.05) is 22.4 Å². The monoisotopic (exact) mass is 390 g/mol. The molecular formula is C18H19ClN4O2S. The second-order valence-corrected chi connectivity index (χ2v) is 7.13. The Bertz CT molecular complexity index is 833. The molecule has 26 heavy (non-hydrogen) atoms. The summed E-state index contributed by atoms with van der Waals surface area (Å²) in [5.74, 6) is 0.914. The van der Waals surface area contributed by atoms with E-state index in [1.54, 1.807) is 35.6 Å². The molecule has 1 N–H and O–H groups in total. The third-order valence-corrected chi connectivity index (χ3v) is 4.70. The van der Waals surface area contributed by atoms with E-state index in [0.29, 0.717) is 29.0 Å². The van der Waals surface area contributed by atoms with Crippen molar-refractivity contribution in [2.24, 2.45) is 0 Å². The maximum absolute atomic E-state index is 12.3. The fraction of sp³-hybridized carbons (Fsp3) is 0.278. The Hall–Kier alpha value is -2.22. The molecule has 0 aliphatic rings. The number of thiophene rings is 1. The molecule has 8 heteroatoms. The Labute approximate surface area is 160 Å². The van der Waals surface area contributed by atoms with Crippen molar-refractivity contribution in [2.45, 2.75) is 19.9 Å². The van der Waals surface area contributed by atoms with Crippen LogP contribution in [0.15, 0.2) is 46.2 Å². The van der Waals surface area contributed by atoms with E-state index in [0.717, 1.165) is 17.8 Å². The van der Waals surface area contributed by atoms with Gasteiger partial charge in [-0.25, -0.2) is 0 Å². The molecule has 1 aromatic carbocycles. The minimum absolute atomic E-state index is 0.0984. The summed E-state index contributed by atoms with van der Waals surface area (Å²) in [4.78, 5) is 15.2. The van der Waals surface area contributed by atoms with E-state index in [1.165, 1.54) is 0 Å². The molecule has 0 radical (unpaired) electrons. The van der Waals surface area contributed by atoms with Crippen LogP contribution in [0.4, 0.5) is 5.69 Å². The molecule has 2 aromatic heterocycles. The van der Waals surface area contributed by atoms with Crippen molar-refractivity contribution >= 4 is 34.5 Å². The summed E-state index contributed by atoms with van der Waals surface area (Å²) in [5.41, 5.74) is 0.716. The number of nitrogens with zero attached hydrogens (tertiary/aromatic N) is 3. The van der Waals surface area contributed by atoms with Gasteiger partial charge in [-0.1, -0.05) is 24.6 Å². The Balaban J connectivity index is 1.59. The minimum atomic E-state index is -0.0984. The van der Waals surface area contributed by atoms with Gasteiger partial charge in [0.1, 0.15) is 0 Å². The van der Waals surface area contributed by atoms with Crippen molar-refractivity contribution in [3.8, 4) is 10.8 Å². The number of nitrogens with one attached hydrogen (secondary N) is 1. The molecule has 0 aliphatic carbocycles. The van der Waals surface area contributed by atoms with Crippen molar-refractivity contribution in [1.29, 1.82) is 0 Å². The standard InChI is InChI=1S/C18H19ClN4O2S/c1-2-9-23(11-16(24)20-14-7-5-13(19)6-8-14)12-17-21-22-18(25-17)15-4-3-10-26-15/h3-8,10H,2,9,11-12H2,1H3,(H,20,24). The lowest BCUT2D eigenvalue weighted by atomic mass is 10.3. The number of rotatable bonds is 8. The van der Waals surface area contributed by atoms with Gasteiger partial charge in [0.25, 0.3) is 5.89 Å². The number of benzene rings is 1. The average Bonchev–Trinajstić information content (AvgIpc) is 3.28. The molecule has 0 aliphatic heterocycles. The molecule has 0 fully saturated rings. The van der Waals surface area contributed by atoms with Crippen LogP contribution in [0, 0.1) is 0 Å². The van der Waals surface area contributed by atoms with Gasteiger partial charge in [0.2, 0.25) is 11.8 Å². The first-order chi connectivity index (χ1) is 12.6. The lowest BCUT2D eigenvalue weighted by Crippen LogP contribution is -2.33. The van der Waals surface area contributed by atoms with Crippen LogP contribution >= 0.6 is 22.9 Å². The second kappa shape index (κ2) is 8.93. The topological polar surface area (TPSA) is 71.3 Å². The quantitative estimate of drug-likeness (QED) is 0.620. The lowest BCUT2D eigenvalue weighted by molar-refractivity contribution is -0.117. The van der Waals surface area contributed by atoms with Crippen molar-refractivity contribution in [3.05, 3.63) is 52.7 Å². The third kappa shape index (κ3) is 5.14. The summed E-state index contributed by atoms with van der Waals surface area (Å²) in [7, 11) is 0. The van der Waals surface area contributed by atoms with E-state index in [-0.39, 0.29) is 12.5 Å². The summed E-state index contributed by atoms with van der Waals surface area (Å²) >= 11 is 7.41. The van der Waals surface area contributed by atoms with Gasteiger partial charge in [-0.2, -0.15) is 0 Å². The summed E-state index contributed by atoms with van der Waals surface area (Å²) < 4.78 is 5.72. The van der Waals surface area contributed by atoms with Gasteiger partial charge in [0, 0.05) is 10.7 Å². The van der Waals surface area contributed by atoms with Crippen LogP contribution in [-0.4, -0.2) is 34.1 Å². The molecule has 3 aromatic rings. The predicted molar refractivity (Wildman–Crippen MR) is 103 cm³/mol. The Morgan fingerprint density at radius 3 is 2.77 bits per heavy atom. The molecule has 0 saturated carbocycles. The van der Waals surface area contributed by atoms with Crippen molar-refractivity contribution < 1.29 is 9.21 Å². The van der Waals surface area contributed by atoms with Crippen LogP contribution in [0.5, 0.6) is 0 Å². The first-order valence-corrected chi connectivity index (χ1v) is 9.54. The summed E-state index contributed by atoms with van der Waals surface area (Å²) in [5, 5.41) is 13.6. The third-order valence-electron chi connectivity index (χ3n) is 3.59. The van der Waals surface area contributed by atoms with Crippen LogP contribution in [0.1, 0.15) is 19.2 Å². The number of amides is 1. The second-order valence-electron chi connectivity index (χ2n) is 5.74. The number of anilines is 1. The van der Waals surface area contributed by atoms with E-state index < -0.39 is 0 Å². The van der Waals surface area contributed by atoms with Crippen molar-refractivity contribution in [2.75, 3.05) is 18.4 Å². The predicted octanol–water partition coefficient (Wildman–Crippen LogP) is 4.30. The number of carbonyl (C=O) groups is 1. The number of carbonyl (C=O) groups excluding carboxylic acids is 1. The first-order valence-electron chi connectivity index (χ1n) is 8.28. The molecule has 2 heterocycles. The summed E-state index contributed by atoms with van der Waals surface area (Å²) in [6, 6.07) is 10.9. The Morgan fingerprint density at radius 1 is 1.27 bits per heavy atom. The van der Waals surface area contributed by atoms with Crippen LogP contribution < -0.4 is 5.32 Å². The van der Waals surface area contributed by atoms with E-state index in [4.69, 9.17) is 16.0 Å². The van der Waals surface area contributed by atoms with Gasteiger partial charge in [0.05, 0.1) is 18.0 Å². The van der Waals surface area contributed by atoms with Gasteiger partial charge in [-0.15, -0.1) is 21.5 Å². The van der Waals surface area contributed by atoms with Gasteiger partial charge >= 0.3 is 0 Å². The molecule has 0 unspecified atom stereocenters.